The fraction of sp³-hybridized carbons (Fsp3) is 0.381. The summed E-state index contributed by atoms with van der Waals surface area (Å²) in [6, 6.07) is 8.02. The van der Waals surface area contributed by atoms with Gasteiger partial charge in [0.15, 0.2) is 11.5 Å². The third kappa shape index (κ3) is 3.22. The summed E-state index contributed by atoms with van der Waals surface area (Å²) in [5.41, 5.74) is 5.45. The van der Waals surface area contributed by atoms with Crippen LogP contribution in [0.2, 0.25) is 0 Å². The van der Waals surface area contributed by atoms with E-state index in [0.717, 1.165) is 46.9 Å². The van der Waals surface area contributed by atoms with Gasteiger partial charge in [-0.05, 0) is 51.2 Å². The zero-order valence-electron chi connectivity index (χ0n) is 17.1. The minimum atomic E-state index is 0.673. The summed E-state index contributed by atoms with van der Waals surface area (Å²) in [6.07, 6.45) is 2.44. The van der Waals surface area contributed by atoms with Crippen molar-refractivity contribution in [3.63, 3.8) is 0 Å². The molecule has 0 unspecified atom stereocenters. The molecule has 3 heterocycles. The predicted molar refractivity (Wildman–Crippen MR) is 110 cm³/mol. The van der Waals surface area contributed by atoms with Crippen LogP contribution in [0.15, 0.2) is 30.6 Å². The molecular weight excluding hydrogens is 352 g/mol. The lowest BCUT2D eigenvalue weighted by Gasteiger charge is -2.12. The van der Waals surface area contributed by atoms with E-state index in [-0.39, 0.29) is 0 Å². The van der Waals surface area contributed by atoms with Crippen LogP contribution in [0.3, 0.4) is 0 Å². The molecule has 1 aromatic carbocycles. The van der Waals surface area contributed by atoms with Crippen LogP contribution in [-0.4, -0.2) is 56.8 Å². The number of nitrogens with zero attached hydrogens (tertiary/aromatic N) is 6. The van der Waals surface area contributed by atoms with Crippen LogP contribution < -0.4 is 4.74 Å². The van der Waals surface area contributed by atoms with Crippen molar-refractivity contribution in [3.05, 3.63) is 53.2 Å². The van der Waals surface area contributed by atoms with Crippen molar-refractivity contribution < 1.29 is 4.74 Å². The molecule has 0 atom stereocenters. The molecule has 28 heavy (non-hydrogen) atoms. The van der Waals surface area contributed by atoms with Gasteiger partial charge in [-0.3, -0.25) is 0 Å². The number of aromatic nitrogens is 5. The van der Waals surface area contributed by atoms with Crippen molar-refractivity contribution in [1.29, 1.82) is 0 Å². The fourth-order valence-electron chi connectivity index (χ4n) is 3.55. The van der Waals surface area contributed by atoms with Gasteiger partial charge < -0.3 is 14.2 Å². The molecule has 4 rings (SSSR count). The van der Waals surface area contributed by atoms with Gasteiger partial charge in [0.1, 0.15) is 17.7 Å². The number of benzene rings is 1. The number of methoxy groups -OCH3 is 1. The quantitative estimate of drug-likeness (QED) is 0.516. The number of hydrogen-bond donors (Lipinski definition) is 0. The van der Waals surface area contributed by atoms with Crippen LogP contribution in [0.5, 0.6) is 5.75 Å². The standard InChI is InChI=1S/C21H26N6O/c1-14-15(2)26(11-10-25(3)4)20-19(14)21-23-18(24-27(21)13-22-20)12-16-6-8-17(28-5)9-7-16/h6-9,13H,10-12H2,1-5H3. The maximum absolute atomic E-state index is 5.23. The largest absolute Gasteiger partial charge is 0.497 e. The summed E-state index contributed by atoms with van der Waals surface area (Å²) in [6.45, 7) is 6.16. The van der Waals surface area contributed by atoms with Crippen molar-refractivity contribution in [3.8, 4) is 5.75 Å². The maximum Gasteiger partial charge on any atom is 0.168 e. The SMILES string of the molecule is COc1ccc(Cc2nc3c4c(C)c(C)n(CCN(C)C)c4ncn3n2)cc1. The predicted octanol–water partition coefficient (Wildman–Crippen LogP) is 2.86. The summed E-state index contributed by atoms with van der Waals surface area (Å²) < 4.78 is 9.30. The number of fused-ring (bicyclic) bond motifs is 3. The third-order valence-electron chi connectivity index (χ3n) is 5.28. The topological polar surface area (TPSA) is 60.5 Å². The normalized spacial score (nSPS) is 11.8. The Bertz CT molecular complexity index is 1120. The molecule has 0 aliphatic heterocycles. The van der Waals surface area contributed by atoms with Gasteiger partial charge in [-0.25, -0.2) is 14.5 Å². The first-order valence-corrected chi connectivity index (χ1v) is 9.45. The van der Waals surface area contributed by atoms with Crippen LogP contribution in [0.1, 0.15) is 22.6 Å². The van der Waals surface area contributed by atoms with Gasteiger partial charge in [0.05, 0.1) is 12.5 Å². The molecule has 0 bridgehead atoms. The maximum atomic E-state index is 5.23. The van der Waals surface area contributed by atoms with Gasteiger partial charge in [-0.2, -0.15) is 0 Å². The molecule has 146 valence electrons. The van der Waals surface area contributed by atoms with E-state index in [0.29, 0.717) is 6.42 Å². The Labute approximate surface area is 164 Å². The molecule has 0 aliphatic carbocycles. The second-order valence-electron chi connectivity index (χ2n) is 7.43. The third-order valence-corrected chi connectivity index (χ3v) is 5.28. The van der Waals surface area contributed by atoms with Gasteiger partial charge in [-0.1, -0.05) is 12.1 Å². The van der Waals surface area contributed by atoms with Crippen LogP contribution in [-0.2, 0) is 13.0 Å². The van der Waals surface area contributed by atoms with E-state index in [2.05, 4.69) is 42.5 Å². The second kappa shape index (κ2) is 7.24. The minimum absolute atomic E-state index is 0.673. The Hall–Kier alpha value is -2.93. The molecule has 0 amide bonds. The number of hydrogen-bond acceptors (Lipinski definition) is 5. The second-order valence-corrected chi connectivity index (χ2v) is 7.43. The Morgan fingerprint density at radius 1 is 1.07 bits per heavy atom. The molecule has 7 heteroatoms. The number of likely N-dealkylation sites (N-methyl/N-ethyl adjacent to an activating group) is 1. The van der Waals surface area contributed by atoms with Crippen LogP contribution in [0, 0.1) is 13.8 Å². The highest BCUT2D eigenvalue weighted by molar-refractivity contribution is 5.93. The van der Waals surface area contributed by atoms with Gasteiger partial charge in [0.2, 0.25) is 0 Å². The van der Waals surface area contributed by atoms with Crippen molar-refractivity contribution in [2.75, 3.05) is 27.7 Å². The molecule has 4 aromatic rings. The molecule has 0 N–H and O–H groups in total. The van der Waals surface area contributed by atoms with E-state index < -0.39 is 0 Å². The van der Waals surface area contributed by atoms with E-state index >= 15 is 0 Å². The highest BCUT2D eigenvalue weighted by atomic mass is 16.5. The molecule has 0 saturated carbocycles. The van der Waals surface area contributed by atoms with E-state index in [1.165, 1.54) is 11.3 Å². The van der Waals surface area contributed by atoms with E-state index in [1.54, 1.807) is 18.0 Å². The lowest BCUT2D eigenvalue weighted by Crippen LogP contribution is -2.19. The zero-order valence-corrected chi connectivity index (χ0v) is 17.1. The Morgan fingerprint density at radius 3 is 2.50 bits per heavy atom. The number of aryl methyl sites for hydroxylation is 1. The van der Waals surface area contributed by atoms with E-state index in [9.17, 15) is 0 Å². The molecule has 0 fully saturated rings. The summed E-state index contributed by atoms with van der Waals surface area (Å²) in [7, 11) is 5.85. The monoisotopic (exact) mass is 378 g/mol. The lowest BCUT2D eigenvalue weighted by atomic mass is 10.1. The van der Waals surface area contributed by atoms with Gasteiger partial charge in [-0.15, -0.1) is 5.10 Å². The fourth-order valence-corrected chi connectivity index (χ4v) is 3.55. The molecule has 3 aromatic heterocycles. The van der Waals surface area contributed by atoms with Crippen molar-refractivity contribution in [2.45, 2.75) is 26.8 Å². The lowest BCUT2D eigenvalue weighted by molar-refractivity contribution is 0.384. The van der Waals surface area contributed by atoms with Crippen molar-refractivity contribution >= 4 is 16.7 Å². The van der Waals surface area contributed by atoms with E-state index in [1.807, 2.05) is 24.3 Å². The molecule has 7 nitrogen and oxygen atoms in total. The molecular formula is C21H26N6O. The Morgan fingerprint density at radius 2 is 1.82 bits per heavy atom. The molecule has 0 saturated heterocycles. The molecule has 0 radical (unpaired) electrons. The van der Waals surface area contributed by atoms with Gasteiger partial charge in [0.25, 0.3) is 0 Å². The van der Waals surface area contributed by atoms with Crippen LogP contribution >= 0.6 is 0 Å². The van der Waals surface area contributed by atoms with Crippen LogP contribution in [0.4, 0.5) is 0 Å². The molecule has 0 aliphatic rings. The Balaban J connectivity index is 1.74. The van der Waals surface area contributed by atoms with Gasteiger partial charge in [0, 0.05) is 25.2 Å². The Kier molecular flexibility index (Phi) is 4.77. The van der Waals surface area contributed by atoms with Gasteiger partial charge >= 0.3 is 0 Å². The zero-order chi connectivity index (χ0) is 19.8. The van der Waals surface area contributed by atoms with Crippen LogP contribution in [0.25, 0.3) is 16.7 Å². The van der Waals surface area contributed by atoms with Crippen molar-refractivity contribution in [2.24, 2.45) is 0 Å². The highest BCUT2D eigenvalue weighted by Gasteiger charge is 2.18. The average Bonchev–Trinajstić information content (AvgIpc) is 3.19. The summed E-state index contributed by atoms with van der Waals surface area (Å²) in [5.74, 6) is 1.64. The number of ether oxygens (including phenoxy) is 1. The summed E-state index contributed by atoms with van der Waals surface area (Å²) in [4.78, 5) is 11.7. The first-order chi connectivity index (χ1) is 13.5. The first-order valence-electron chi connectivity index (χ1n) is 9.45. The summed E-state index contributed by atoms with van der Waals surface area (Å²) >= 11 is 0. The average molecular weight is 378 g/mol. The van der Waals surface area contributed by atoms with Crippen molar-refractivity contribution in [1.82, 2.24) is 29.0 Å². The highest BCUT2D eigenvalue weighted by Crippen LogP contribution is 2.27. The first kappa shape index (κ1) is 18.4. The smallest absolute Gasteiger partial charge is 0.168 e. The minimum Gasteiger partial charge on any atom is -0.497 e. The summed E-state index contributed by atoms with van der Waals surface area (Å²) in [5, 5.41) is 5.74. The van der Waals surface area contributed by atoms with E-state index in [4.69, 9.17) is 14.7 Å². The molecule has 0 spiro atoms. The number of rotatable bonds is 6.